The third-order valence-electron chi connectivity index (χ3n) is 4.40. The van der Waals surface area contributed by atoms with E-state index >= 15 is 0 Å². The molecular formula is C21H24N4O2S. The van der Waals surface area contributed by atoms with Crippen LogP contribution in [0.1, 0.15) is 18.1 Å². The van der Waals surface area contributed by atoms with E-state index < -0.39 is 0 Å². The first-order chi connectivity index (χ1) is 13.6. The van der Waals surface area contributed by atoms with Crippen LogP contribution in [0, 0.1) is 0 Å². The highest BCUT2D eigenvalue weighted by molar-refractivity contribution is 8.00. The molecule has 146 valence electrons. The molecule has 1 heterocycles. The van der Waals surface area contributed by atoms with Crippen molar-refractivity contribution < 1.29 is 4.79 Å². The first-order valence-electron chi connectivity index (χ1n) is 9.31. The number of aromatic amines is 1. The number of rotatable bonds is 9. The molecule has 6 nitrogen and oxygen atoms in total. The average molecular weight is 397 g/mol. The summed E-state index contributed by atoms with van der Waals surface area (Å²) in [5.41, 5.74) is 2.08. The number of nitrogens with zero attached hydrogens (tertiary/aromatic N) is 2. The maximum atomic E-state index is 12.4. The number of carbonyl (C=O) groups excluding carboxylic acids is 1. The third kappa shape index (κ3) is 5.60. The summed E-state index contributed by atoms with van der Waals surface area (Å²) in [6.45, 7) is 2.92. The SMILES string of the molecule is C[C@@H](Sc1n[nH]c(=O)n1CCc1ccccc1)C(=O)NCCc1ccccc1. The molecule has 28 heavy (non-hydrogen) atoms. The minimum absolute atomic E-state index is 0.0639. The number of aromatic nitrogens is 3. The highest BCUT2D eigenvalue weighted by atomic mass is 32.2. The summed E-state index contributed by atoms with van der Waals surface area (Å²) in [7, 11) is 0. The summed E-state index contributed by atoms with van der Waals surface area (Å²) >= 11 is 1.29. The Kier molecular flexibility index (Phi) is 7.08. The van der Waals surface area contributed by atoms with E-state index in [1.165, 1.54) is 17.3 Å². The molecule has 0 unspecified atom stereocenters. The Morgan fingerprint density at radius 2 is 1.68 bits per heavy atom. The van der Waals surface area contributed by atoms with Crippen LogP contribution >= 0.6 is 11.8 Å². The van der Waals surface area contributed by atoms with E-state index in [4.69, 9.17) is 0 Å². The number of nitrogens with one attached hydrogen (secondary N) is 2. The number of hydrogen-bond donors (Lipinski definition) is 2. The number of benzene rings is 2. The van der Waals surface area contributed by atoms with Gasteiger partial charge in [0.05, 0.1) is 5.25 Å². The van der Waals surface area contributed by atoms with Gasteiger partial charge in [-0.25, -0.2) is 9.89 Å². The van der Waals surface area contributed by atoms with Gasteiger partial charge in [-0.15, -0.1) is 5.10 Å². The second-order valence-corrected chi connectivity index (χ2v) is 7.79. The van der Waals surface area contributed by atoms with Gasteiger partial charge >= 0.3 is 5.69 Å². The Balaban J connectivity index is 1.52. The fourth-order valence-electron chi connectivity index (χ4n) is 2.81. The predicted octanol–water partition coefficient (Wildman–Crippen LogP) is 2.65. The van der Waals surface area contributed by atoms with E-state index in [2.05, 4.69) is 15.5 Å². The minimum atomic E-state index is -0.346. The van der Waals surface area contributed by atoms with Gasteiger partial charge in [0.25, 0.3) is 0 Å². The van der Waals surface area contributed by atoms with Gasteiger partial charge in [-0.1, -0.05) is 72.4 Å². The molecule has 0 bridgehead atoms. The lowest BCUT2D eigenvalue weighted by Gasteiger charge is -2.12. The van der Waals surface area contributed by atoms with Crippen LogP contribution in [0.15, 0.2) is 70.6 Å². The lowest BCUT2D eigenvalue weighted by Crippen LogP contribution is -2.32. The average Bonchev–Trinajstić information content (AvgIpc) is 3.07. The van der Waals surface area contributed by atoms with Gasteiger partial charge in [-0.05, 0) is 30.9 Å². The maximum Gasteiger partial charge on any atom is 0.343 e. The number of thioether (sulfide) groups is 1. The lowest BCUT2D eigenvalue weighted by atomic mass is 10.1. The van der Waals surface area contributed by atoms with Gasteiger partial charge in [0.1, 0.15) is 0 Å². The maximum absolute atomic E-state index is 12.4. The Bertz CT molecular complexity index is 938. The van der Waals surface area contributed by atoms with Gasteiger partial charge in [0.2, 0.25) is 5.91 Å². The zero-order valence-corrected chi connectivity index (χ0v) is 16.6. The standard InChI is InChI=1S/C21H24N4O2S/c1-16(19(26)22-14-12-17-8-4-2-5-9-17)28-21-24-23-20(27)25(21)15-13-18-10-6-3-7-11-18/h2-11,16H,12-15H2,1H3,(H,22,26)(H,23,27)/t16-/m1/s1. The molecule has 2 aromatic carbocycles. The lowest BCUT2D eigenvalue weighted by molar-refractivity contribution is -0.120. The quantitative estimate of drug-likeness (QED) is 0.545. The summed E-state index contributed by atoms with van der Waals surface area (Å²) in [5.74, 6) is -0.0639. The number of aryl methyl sites for hydroxylation is 1. The smallest absolute Gasteiger partial charge is 0.343 e. The highest BCUT2D eigenvalue weighted by Gasteiger charge is 2.18. The van der Waals surface area contributed by atoms with Crippen LogP contribution < -0.4 is 11.0 Å². The van der Waals surface area contributed by atoms with Crippen molar-refractivity contribution in [2.45, 2.75) is 36.7 Å². The van der Waals surface area contributed by atoms with Crippen LogP contribution in [0.25, 0.3) is 0 Å². The molecule has 3 aromatic rings. The van der Waals surface area contributed by atoms with Crippen molar-refractivity contribution in [1.29, 1.82) is 0 Å². The summed E-state index contributed by atoms with van der Waals surface area (Å²) in [6.07, 6.45) is 1.51. The molecule has 0 saturated heterocycles. The molecular weight excluding hydrogens is 372 g/mol. The zero-order valence-electron chi connectivity index (χ0n) is 15.8. The summed E-state index contributed by atoms with van der Waals surface area (Å²) < 4.78 is 1.59. The van der Waals surface area contributed by atoms with E-state index in [0.29, 0.717) is 18.2 Å². The molecule has 0 spiro atoms. The van der Waals surface area contributed by atoms with Crippen LogP contribution in [0.3, 0.4) is 0 Å². The number of hydrogen-bond acceptors (Lipinski definition) is 4. The molecule has 0 aliphatic heterocycles. The Hall–Kier alpha value is -2.80. The second-order valence-electron chi connectivity index (χ2n) is 6.49. The predicted molar refractivity (Wildman–Crippen MR) is 111 cm³/mol. The molecule has 7 heteroatoms. The molecule has 2 N–H and O–H groups in total. The zero-order chi connectivity index (χ0) is 19.8. The summed E-state index contributed by atoms with van der Waals surface area (Å²) in [5, 5.41) is 9.71. The third-order valence-corrected chi connectivity index (χ3v) is 5.49. The van der Waals surface area contributed by atoms with Gasteiger partial charge in [-0.2, -0.15) is 0 Å². The molecule has 0 fully saturated rings. The Morgan fingerprint density at radius 1 is 1.07 bits per heavy atom. The van der Waals surface area contributed by atoms with Gasteiger partial charge in [0.15, 0.2) is 5.16 Å². The minimum Gasteiger partial charge on any atom is -0.355 e. The molecule has 0 aliphatic rings. The molecule has 1 aromatic heterocycles. The normalized spacial score (nSPS) is 11.9. The largest absolute Gasteiger partial charge is 0.355 e. The van der Waals surface area contributed by atoms with Crippen molar-refractivity contribution in [2.75, 3.05) is 6.54 Å². The fourth-order valence-corrected chi connectivity index (χ4v) is 3.71. The van der Waals surface area contributed by atoms with Crippen molar-refractivity contribution in [3.05, 3.63) is 82.3 Å². The van der Waals surface area contributed by atoms with E-state index in [0.717, 1.165) is 18.4 Å². The van der Waals surface area contributed by atoms with E-state index in [1.54, 1.807) is 4.57 Å². The van der Waals surface area contributed by atoms with Crippen LogP contribution in [-0.2, 0) is 24.2 Å². The molecule has 1 amide bonds. The molecule has 3 rings (SSSR count). The fraction of sp³-hybridized carbons (Fsp3) is 0.286. The first-order valence-corrected chi connectivity index (χ1v) is 10.2. The number of carbonyl (C=O) groups is 1. The number of H-pyrrole nitrogens is 1. The first kappa shape index (κ1) is 19.9. The van der Waals surface area contributed by atoms with Gasteiger partial charge < -0.3 is 5.32 Å². The van der Waals surface area contributed by atoms with Crippen LogP contribution in [0.2, 0.25) is 0 Å². The summed E-state index contributed by atoms with van der Waals surface area (Å²) in [4.78, 5) is 24.5. The molecule has 0 saturated carbocycles. The van der Waals surface area contributed by atoms with Crippen molar-refractivity contribution in [2.24, 2.45) is 0 Å². The van der Waals surface area contributed by atoms with E-state index in [-0.39, 0.29) is 16.8 Å². The highest BCUT2D eigenvalue weighted by Crippen LogP contribution is 2.20. The Labute approximate surface area is 168 Å². The van der Waals surface area contributed by atoms with E-state index in [9.17, 15) is 9.59 Å². The van der Waals surface area contributed by atoms with Crippen molar-refractivity contribution in [3.63, 3.8) is 0 Å². The Morgan fingerprint density at radius 3 is 2.32 bits per heavy atom. The molecule has 0 radical (unpaired) electrons. The van der Waals surface area contributed by atoms with Crippen molar-refractivity contribution in [3.8, 4) is 0 Å². The summed E-state index contributed by atoms with van der Waals surface area (Å²) in [6, 6.07) is 20.0. The number of amides is 1. The van der Waals surface area contributed by atoms with Gasteiger partial charge in [0, 0.05) is 13.1 Å². The van der Waals surface area contributed by atoms with Crippen LogP contribution in [-0.4, -0.2) is 32.5 Å². The monoisotopic (exact) mass is 396 g/mol. The van der Waals surface area contributed by atoms with Crippen molar-refractivity contribution >= 4 is 17.7 Å². The van der Waals surface area contributed by atoms with Crippen LogP contribution in [0.4, 0.5) is 0 Å². The molecule has 1 atom stereocenters. The van der Waals surface area contributed by atoms with E-state index in [1.807, 2.05) is 67.6 Å². The van der Waals surface area contributed by atoms with Crippen LogP contribution in [0.5, 0.6) is 0 Å². The van der Waals surface area contributed by atoms with Crippen molar-refractivity contribution in [1.82, 2.24) is 20.1 Å². The van der Waals surface area contributed by atoms with Gasteiger partial charge in [-0.3, -0.25) is 9.36 Å². The second kappa shape index (κ2) is 9.94. The topological polar surface area (TPSA) is 79.8 Å². The molecule has 0 aliphatic carbocycles.